The van der Waals surface area contributed by atoms with Crippen LogP contribution in [0.3, 0.4) is 0 Å². The van der Waals surface area contributed by atoms with E-state index >= 15 is 0 Å². The second-order valence-electron chi connectivity index (χ2n) is 5.45. The molecular weight excluding hydrogens is 300 g/mol. The number of nitrogens with one attached hydrogen (secondary N) is 2. The third kappa shape index (κ3) is 3.24. The van der Waals surface area contributed by atoms with E-state index in [9.17, 15) is 14.4 Å². The lowest BCUT2D eigenvalue weighted by Crippen LogP contribution is -2.35. The smallest absolute Gasteiger partial charge is 0.332 e. The van der Waals surface area contributed by atoms with Crippen LogP contribution in [0.2, 0.25) is 0 Å². The molecular formula is C16H16N2O5. The van der Waals surface area contributed by atoms with Crippen molar-refractivity contribution in [2.24, 2.45) is 0 Å². The number of benzene rings is 1. The second kappa shape index (κ2) is 6.21. The van der Waals surface area contributed by atoms with E-state index in [4.69, 9.17) is 9.84 Å². The molecule has 1 aliphatic heterocycles. The molecule has 7 nitrogen and oxygen atoms in total. The average molecular weight is 316 g/mol. The lowest BCUT2D eigenvalue weighted by Gasteiger charge is -2.12. The Morgan fingerprint density at radius 1 is 1.26 bits per heavy atom. The van der Waals surface area contributed by atoms with Gasteiger partial charge in [0.15, 0.2) is 6.10 Å². The Bertz CT molecular complexity index is 813. The molecule has 1 aromatic heterocycles. The first-order chi connectivity index (χ1) is 11.0. The predicted molar refractivity (Wildman–Crippen MR) is 81.9 cm³/mol. The number of para-hydroxylation sites is 1. The van der Waals surface area contributed by atoms with Crippen molar-refractivity contribution in [3.8, 4) is 0 Å². The molecule has 3 rings (SSSR count). The number of pyridine rings is 1. The van der Waals surface area contributed by atoms with Gasteiger partial charge in [-0.05, 0) is 24.5 Å². The van der Waals surface area contributed by atoms with Gasteiger partial charge in [-0.1, -0.05) is 18.2 Å². The number of fused-ring (bicyclic) bond motifs is 1. The average Bonchev–Trinajstić information content (AvgIpc) is 3.02. The van der Waals surface area contributed by atoms with Crippen LogP contribution < -0.4 is 10.9 Å². The number of amides is 1. The summed E-state index contributed by atoms with van der Waals surface area (Å²) in [6.07, 6.45) is -0.990. The molecule has 1 amide bonds. The number of aliphatic carboxylic acids is 1. The van der Waals surface area contributed by atoms with Crippen molar-refractivity contribution in [3.05, 3.63) is 46.2 Å². The molecule has 2 heterocycles. The van der Waals surface area contributed by atoms with Crippen LogP contribution in [0.25, 0.3) is 10.9 Å². The number of hydrogen-bond donors (Lipinski definition) is 3. The number of ether oxygens (including phenoxy) is 1. The van der Waals surface area contributed by atoms with Crippen LogP contribution in [0.4, 0.5) is 0 Å². The Labute approximate surface area is 131 Å². The van der Waals surface area contributed by atoms with Crippen molar-refractivity contribution < 1.29 is 19.4 Å². The van der Waals surface area contributed by atoms with Crippen LogP contribution in [-0.4, -0.2) is 34.2 Å². The van der Waals surface area contributed by atoms with Crippen LogP contribution in [0, 0.1) is 0 Å². The number of aromatic amines is 1. The Balaban J connectivity index is 1.70. The van der Waals surface area contributed by atoms with Gasteiger partial charge in [0.05, 0.1) is 0 Å². The minimum absolute atomic E-state index is 0.181. The number of carbonyl (C=O) groups excluding carboxylic acids is 1. The highest BCUT2D eigenvalue weighted by molar-refractivity contribution is 5.84. The molecule has 0 radical (unpaired) electrons. The summed E-state index contributed by atoms with van der Waals surface area (Å²) >= 11 is 0. The maximum absolute atomic E-state index is 12.1. The van der Waals surface area contributed by atoms with Crippen LogP contribution >= 0.6 is 0 Å². The third-order valence-electron chi connectivity index (χ3n) is 3.88. The summed E-state index contributed by atoms with van der Waals surface area (Å²) in [6.45, 7) is 0.181. The molecule has 1 saturated heterocycles. The van der Waals surface area contributed by atoms with Gasteiger partial charge >= 0.3 is 5.97 Å². The minimum atomic E-state index is -1.05. The van der Waals surface area contributed by atoms with Crippen molar-refractivity contribution in [3.63, 3.8) is 0 Å². The molecule has 7 heteroatoms. The fraction of sp³-hybridized carbons (Fsp3) is 0.312. The van der Waals surface area contributed by atoms with E-state index in [1.807, 2.05) is 18.2 Å². The molecule has 120 valence electrons. The Hall–Kier alpha value is -2.67. The topological polar surface area (TPSA) is 108 Å². The predicted octanol–water partition coefficient (Wildman–Crippen LogP) is 0.776. The van der Waals surface area contributed by atoms with Crippen molar-refractivity contribution in [2.45, 2.75) is 31.6 Å². The van der Waals surface area contributed by atoms with Gasteiger partial charge < -0.3 is 20.1 Å². The zero-order valence-corrected chi connectivity index (χ0v) is 12.2. The second-order valence-corrected chi connectivity index (χ2v) is 5.45. The van der Waals surface area contributed by atoms with Crippen LogP contribution in [0.5, 0.6) is 0 Å². The highest BCUT2D eigenvalue weighted by Gasteiger charge is 2.34. The Morgan fingerprint density at radius 3 is 2.74 bits per heavy atom. The fourth-order valence-corrected chi connectivity index (χ4v) is 2.73. The van der Waals surface area contributed by atoms with Gasteiger partial charge in [0.25, 0.3) is 0 Å². The molecule has 0 spiro atoms. The lowest BCUT2D eigenvalue weighted by molar-refractivity contribution is -0.151. The van der Waals surface area contributed by atoms with E-state index in [1.54, 1.807) is 6.07 Å². The van der Waals surface area contributed by atoms with Gasteiger partial charge in [-0.25, -0.2) is 4.79 Å². The van der Waals surface area contributed by atoms with Gasteiger partial charge in [-0.3, -0.25) is 9.59 Å². The summed E-state index contributed by atoms with van der Waals surface area (Å²) < 4.78 is 5.20. The van der Waals surface area contributed by atoms with E-state index in [0.717, 1.165) is 5.39 Å². The fourth-order valence-electron chi connectivity index (χ4n) is 2.73. The van der Waals surface area contributed by atoms with Crippen molar-refractivity contribution in [2.75, 3.05) is 0 Å². The number of hydrogen-bond acceptors (Lipinski definition) is 4. The maximum Gasteiger partial charge on any atom is 0.332 e. The first-order valence-electron chi connectivity index (χ1n) is 7.31. The Kier molecular flexibility index (Phi) is 4.12. The van der Waals surface area contributed by atoms with E-state index in [1.165, 1.54) is 6.07 Å². The molecule has 1 aromatic carbocycles. The van der Waals surface area contributed by atoms with E-state index < -0.39 is 18.2 Å². The zero-order valence-electron chi connectivity index (χ0n) is 12.2. The maximum atomic E-state index is 12.1. The first kappa shape index (κ1) is 15.2. The number of H-pyrrole nitrogens is 1. The highest BCUT2D eigenvalue weighted by atomic mass is 16.5. The summed E-state index contributed by atoms with van der Waals surface area (Å²) in [7, 11) is 0. The van der Waals surface area contributed by atoms with Crippen molar-refractivity contribution >= 4 is 22.8 Å². The molecule has 0 aliphatic carbocycles. The molecule has 0 saturated carbocycles. The number of carboxylic acids is 1. The van der Waals surface area contributed by atoms with Gasteiger partial charge in [0.1, 0.15) is 6.10 Å². The van der Waals surface area contributed by atoms with E-state index in [0.29, 0.717) is 23.9 Å². The summed E-state index contributed by atoms with van der Waals surface area (Å²) in [5.74, 6) is -1.42. The molecule has 2 aromatic rings. The highest BCUT2D eigenvalue weighted by Crippen LogP contribution is 2.20. The number of carboxylic acid groups (broad SMARTS) is 1. The number of aromatic nitrogens is 1. The van der Waals surface area contributed by atoms with Crippen LogP contribution in [0.1, 0.15) is 18.4 Å². The van der Waals surface area contributed by atoms with Crippen LogP contribution in [0.15, 0.2) is 35.1 Å². The number of rotatable bonds is 4. The molecule has 0 bridgehead atoms. The standard InChI is InChI=1S/C16H16N2O5/c19-14-7-9(10-3-1-2-4-11(10)18-14)8-17-15(20)12-5-6-13(23-12)16(21)22/h1-4,7,12-13H,5-6,8H2,(H,17,20)(H,18,19)(H,21,22)/t12-,13+/m0/s1. The first-order valence-corrected chi connectivity index (χ1v) is 7.31. The number of carbonyl (C=O) groups is 2. The van der Waals surface area contributed by atoms with Gasteiger partial charge in [0, 0.05) is 23.5 Å². The van der Waals surface area contributed by atoms with Crippen molar-refractivity contribution in [1.29, 1.82) is 0 Å². The third-order valence-corrected chi connectivity index (χ3v) is 3.88. The van der Waals surface area contributed by atoms with Gasteiger partial charge in [0.2, 0.25) is 11.5 Å². The lowest BCUT2D eigenvalue weighted by atomic mass is 10.1. The molecule has 0 unspecified atom stereocenters. The minimum Gasteiger partial charge on any atom is -0.479 e. The molecule has 23 heavy (non-hydrogen) atoms. The summed E-state index contributed by atoms with van der Waals surface area (Å²) in [5.41, 5.74) is 1.16. The zero-order chi connectivity index (χ0) is 16.4. The normalized spacial score (nSPS) is 20.5. The van der Waals surface area contributed by atoms with Gasteiger partial charge in [-0.15, -0.1) is 0 Å². The summed E-state index contributed by atoms with van der Waals surface area (Å²) in [5, 5.41) is 12.4. The van der Waals surface area contributed by atoms with Gasteiger partial charge in [-0.2, -0.15) is 0 Å². The molecule has 1 aliphatic rings. The van der Waals surface area contributed by atoms with E-state index in [-0.39, 0.29) is 18.0 Å². The summed E-state index contributed by atoms with van der Waals surface area (Å²) in [4.78, 5) is 37.3. The van der Waals surface area contributed by atoms with Crippen molar-refractivity contribution in [1.82, 2.24) is 10.3 Å². The quantitative estimate of drug-likeness (QED) is 0.772. The van der Waals surface area contributed by atoms with Crippen LogP contribution in [-0.2, 0) is 20.9 Å². The summed E-state index contributed by atoms with van der Waals surface area (Å²) in [6, 6.07) is 8.76. The SMILES string of the molecule is O=C(NCc1cc(=O)[nH]c2ccccc12)[C@@H]1CC[C@H](C(=O)O)O1. The Morgan fingerprint density at radius 2 is 2.00 bits per heavy atom. The molecule has 3 N–H and O–H groups in total. The van der Waals surface area contributed by atoms with E-state index in [2.05, 4.69) is 10.3 Å². The molecule has 1 fully saturated rings. The monoisotopic (exact) mass is 316 g/mol. The largest absolute Gasteiger partial charge is 0.479 e. The molecule has 2 atom stereocenters.